The van der Waals surface area contributed by atoms with E-state index in [1.807, 2.05) is 27.1 Å². The summed E-state index contributed by atoms with van der Waals surface area (Å²) in [5, 5.41) is 7.04. The van der Waals surface area contributed by atoms with Crippen molar-refractivity contribution in [2.45, 2.75) is 26.7 Å². The zero-order chi connectivity index (χ0) is 10.3. The van der Waals surface area contributed by atoms with E-state index in [0.717, 1.165) is 18.4 Å². The van der Waals surface area contributed by atoms with Crippen molar-refractivity contribution >= 4 is 11.7 Å². The highest BCUT2D eigenvalue weighted by Crippen LogP contribution is 2.45. The first-order valence-electron chi connectivity index (χ1n) is 4.83. The molecule has 0 atom stereocenters. The number of aryl methyl sites for hydroxylation is 2. The summed E-state index contributed by atoms with van der Waals surface area (Å²) >= 11 is 0. The number of rotatable bonds is 2. The van der Waals surface area contributed by atoms with Crippen molar-refractivity contribution in [2.75, 3.05) is 5.32 Å². The number of amides is 1. The summed E-state index contributed by atoms with van der Waals surface area (Å²) in [4.78, 5) is 11.7. The van der Waals surface area contributed by atoms with Gasteiger partial charge in [-0.1, -0.05) is 6.92 Å². The molecule has 1 heterocycles. The topological polar surface area (TPSA) is 46.9 Å². The van der Waals surface area contributed by atoms with Crippen molar-refractivity contribution in [3.8, 4) is 0 Å². The maximum atomic E-state index is 11.7. The predicted molar refractivity (Wildman–Crippen MR) is 53.9 cm³/mol. The lowest BCUT2D eigenvalue weighted by Crippen LogP contribution is -2.22. The Bertz CT molecular complexity index is 377. The second-order valence-corrected chi connectivity index (χ2v) is 4.35. The van der Waals surface area contributed by atoms with Crippen LogP contribution in [0.2, 0.25) is 0 Å². The normalized spacial score (nSPS) is 17.9. The summed E-state index contributed by atoms with van der Waals surface area (Å²) in [6.07, 6.45) is 3.88. The molecule has 4 nitrogen and oxygen atoms in total. The number of nitrogens with zero attached hydrogens (tertiary/aromatic N) is 2. The summed E-state index contributed by atoms with van der Waals surface area (Å²) in [7, 11) is 1.85. The van der Waals surface area contributed by atoms with Gasteiger partial charge in [0.05, 0.1) is 0 Å². The van der Waals surface area contributed by atoms with Gasteiger partial charge in [0, 0.05) is 24.2 Å². The molecule has 1 saturated carbocycles. The zero-order valence-electron chi connectivity index (χ0n) is 8.79. The van der Waals surface area contributed by atoms with Crippen LogP contribution in [0.5, 0.6) is 0 Å². The minimum atomic E-state index is -0.135. The fourth-order valence-corrected chi connectivity index (χ4v) is 1.40. The van der Waals surface area contributed by atoms with Gasteiger partial charge in [0.1, 0.15) is 0 Å². The molecular weight excluding hydrogens is 178 g/mol. The number of hydrogen-bond donors (Lipinski definition) is 1. The Balaban J connectivity index is 2.11. The molecule has 1 aliphatic rings. The van der Waals surface area contributed by atoms with Crippen LogP contribution in [0.15, 0.2) is 6.20 Å². The number of aromatic nitrogens is 2. The zero-order valence-corrected chi connectivity index (χ0v) is 8.79. The minimum absolute atomic E-state index is 0.0966. The molecule has 2 rings (SSSR count). The average Bonchev–Trinajstić information content (AvgIpc) is 2.76. The molecule has 0 bridgehead atoms. The van der Waals surface area contributed by atoms with E-state index in [9.17, 15) is 4.79 Å². The second-order valence-electron chi connectivity index (χ2n) is 4.35. The van der Waals surface area contributed by atoms with Crippen molar-refractivity contribution in [1.82, 2.24) is 9.78 Å². The van der Waals surface area contributed by atoms with Crippen molar-refractivity contribution in [3.05, 3.63) is 11.8 Å². The molecule has 1 aliphatic carbocycles. The first-order valence-corrected chi connectivity index (χ1v) is 4.83. The SMILES string of the molecule is Cc1cn(C)nc1NC(=O)C1(C)CC1. The first-order chi connectivity index (χ1) is 6.51. The molecule has 14 heavy (non-hydrogen) atoms. The molecule has 1 aromatic heterocycles. The van der Waals surface area contributed by atoms with Gasteiger partial charge in [0.15, 0.2) is 5.82 Å². The Hall–Kier alpha value is -1.32. The monoisotopic (exact) mass is 193 g/mol. The summed E-state index contributed by atoms with van der Waals surface area (Å²) < 4.78 is 1.71. The van der Waals surface area contributed by atoms with E-state index in [2.05, 4.69) is 10.4 Å². The van der Waals surface area contributed by atoms with E-state index in [1.165, 1.54) is 0 Å². The fraction of sp³-hybridized carbons (Fsp3) is 0.600. The van der Waals surface area contributed by atoms with E-state index in [4.69, 9.17) is 0 Å². The Morgan fingerprint density at radius 3 is 2.71 bits per heavy atom. The van der Waals surface area contributed by atoms with Crippen LogP contribution in [0, 0.1) is 12.3 Å². The number of anilines is 1. The molecule has 4 heteroatoms. The standard InChI is InChI=1S/C10H15N3O/c1-7-6-13(3)12-8(7)11-9(14)10(2)4-5-10/h6H,4-5H2,1-3H3,(H,11,12,14). The Labute approximate surface area is 83.3 Å². The van der Waals surface area contributed by atoms with Crippen LogP contribution in [0.1, 0.15) is 25.3 Å². The Morgan fingerprint density at radius 1 is 1.64 bits per heavy atom. The first kappa shape index (κ1) is 9.24. The van der Waals surface area contributed by atoms with Crippen molar-refractivity contribution in [2.24, 2.45) is 12.5 Å². The highest BCUT2D eigenvalue weighted by molar-refractivity contribution is 5.96. The van der Waals surface area contributed by atoms with Crippen LogP contribution in [0.4, 0.5) is 5.82 Å². The van der Waals surface area contributed by atoms with E-state index < -0.39 is 0 Å². The summed E-state index contributed by atoms with van der Waals surface area (Å²) in [6.45, 7) is 3.93. The van der Waals surface area contributed by atoms with Gasteiger partial charge in [-0.2, -0.15) is 5.10 Å². The maximum absolute atomic E-state index is 11.7. The molecule has 1 aromatic rings. The summed E-state index contributed by atoms with van der Waals surface area (Å²) in [6, 6.07) is 0. The molecular formula is C10H15N3O. The van der Waals surface area contributed by atoms with Crippen molar-refractivity contribution < 1.29 is 4.79 Å². The van der Waals surface area contributed by atoms with E-state index >= 15 is 0 Å². The maximum Gasteiger partial charge on any atom is 0.231 e. The molecule has 0 radical (unpaired) electrons. The van der Waals surface area contributed by atoms with Crippen molar-refractivity contribution in [3.63, 3.8) is 0 Å². The molecule has 1 amide bonds. The third-order valence-corrected chi connectivity index (χ3v) is 2.79. The quantitative estimate of drug-likeness (QED) is 0.773. The van der Waals surface area contributed by atoms with E-state index in [1.54, 1.807) is 4.68 Å². The van der Waals surface area contributed by atoms with Gasteiger partial charge in [-0.3, -0.25) is 9.48 Å². The van der Waals surface area contributed by atoms with Crippen LogP contribution in [0.25, 0.3) is 0 Å². The highest BCUT2D eigenvalue weighted by atomic mass is 16.2. The van der Waals surface area contributed by atoms with Crippen LogP contribution < -0.4 is 5.32 Å². The second kappa shape index (κ2) is 2.83. The molecule has 1 fully saturated rings. The summed E-state index contributed by atoms with van der Waals surface area (Å²) in [5.74, 6) is 0.782. The van der Waals surface area contributed by atoms with Crippen LogP contribution >= 0.6 is 0 Å². The number of carbonyl (C=O) groups is 1. The number of hydrogen-bond acceptors (Lipinski definition) is 2. The van der Waals surface area contributed by atoms with Crippen LogP contribution in [-0.4, -0.2) is 15.7 Å². The lowest BCUT2D eigenvalue weighted by Gasteiger charge is -2.07. The molecule has 76 valence electrons. The Kier molecular flexibility index (Phi) is 1.87. The molecule has 0 unspecified atom stereocenters. The number of nitrogens with one attached hydrogen (secondary N) is 1. The van der Waals surface area contributed by atoms with Gasteiger partial charge in [-0.25, -0.2) is 0 Å². The fourth-order valence-electron chi connectivity index (χ4n) is 1.40. The van der Waals surface area contributed by atoms with Gasteiger partial charge in [0.2, 0.25) is 5.91 Å². The number of carbonyl (C=O) groups excluding carboxylic acids is 1. The molecule has 0 aliphatic heterocycles. The summed E-state index contributed by atoms with van der Waals surface area (Å²) in [5.41, 5.74) is 0.870. The molecule has 0 aromatic carbocycles. The smallest absolute Gasteiger partial charge is 0.231 e. The van der Waals surface area contributed by atoms with Gasteiger partial charge >= 0.3 is 0 Å². The van der Waals surface area contributed by atoms with Crippen LogP contribution in [0.3, 0.4) is 0 Å². The average molecular weight is 193 g/mol. The lowest BCUT2D eigenvalue weighted by atomic mass is 10.1. The van der Waals surface area contributed by atoms with E-state index in [0.29, 0.717) is 5.82 Å². The Morgan fingerprint density at radius 2 is 2.29 bits per heavy atom. The predicted octanol–water partition coefficient (Wildman–Crippen LogP) is 1.47. The van der Waals surface area contributed by atoms with Gasteiger partial charge in [-0.05, 0) is 19.8 Å². The van der Waals surface area contributed by atoms with Gasteiger partial charge < -0.3 is 5.32 Å². The molecule has 0 spiro atoms. The largest absolute Gasteiger partial charge is 0.309 e. The van der Waals surface area contributed by atoms with Gasteiger partial charge in [-0.15, -0.1) is 0 Å². The highest BCUT2D eigenvalue weighted by Gasteiger charge is 2.45. The third kappa shape index (κ3) is 1.52. The van der Waals surface area contributed by atoms with E-state index in [-0.39, 0.29) is 11.3 Å². The van der Waals surface area contributed by atoms with Gasteiger partial charge in [0.25, 0.3) is 0 Å². The third-order valence-electron chi connectivity index (χ3n) is 2.79. The minimum Gasteiger partial charge on any atom is -0.309 e. The molecule has 1 N–H and O–H groups in total. The van der Waals surface area contributed by atoms with Crippen molar-refractivity contribution in [1.29, 1.82) is 0 Å². The lowest BCUT2D eigenvalue weighted by molar-refractivity contribution is -0.120. The molecule has 0 saturated heterocycles. The van der Waals surface area contributed by atoms with Crippen LogP contribution in [-0.2, 0) is 11.8 Å².